The van der Waals surface area contributed by atoms with E-state index in [1.165, 1.54) is 0 Å². The Hall–Kier alpha value is -2.02. The van der Waals surface area contributed by atoms with Gasteiger partial charge in [0.2, 0.25) is 0 Å². The summed E-state index contributed by atoms with van der Waals surface area (Å²) in [6.07, 6.45) is 1.03. The molecule has 0 radical (unpaired) electrons. The van der Waals surface area contributed by atoms with Gasteiger partial charge in [-0.25, -0.2) is 0 Å². The van der Waals surface area contributed by atoms with Crippen molar-refractivity contribution < 1.29 is 0 Å². The molecule has 0 atom stereocenters. The summed E-state index contributed by atoms with van der Waals surface area (Å²) in [6, 6.07) is 5.44. The predicted molar refractivity (Wildman–Crippen MR) is 52.2 cm³/mol. The smallest absolute Gasteiger partial charge is 0.101 e. The number of allylic oxidation sites excluding steroid dienone is 2. The van der Waals surface area contributed by atoms with Gasteiger partial charge in [-0.1, -0.05) is 0 Å². The molecular formula is C9H10N4. The third kappa shape index (κ3) is 1.76. The molecular weight excluding hydrogens is 164 g/mol. The van der Waals surface area contributed by atoms with Gasteiger partial charge in [-0.3, -0.25) is 0 Å². The Morgan fingerprint density at radius 1 is 1.69 bits per heavy atom. The molecule has 4 heteroatoms. The minimum absolute atomic E-state index is 0.335. The monoisotopic (exact) mass is 174 g/mol. The van der Waals surface area contributed by atoms with Crippen LogP contribution in [0.1, 0.15) is 12.6 Å². The molecule has 0 saturated carbocycles. The van der Waals surface area contributed by atoms with Gasteiger partial charge in [-0.15, -0.1) is 0 Å². The van der Waals surface area contributed by atoms with Crippen LogP contribution in [0.25, 0.3) is 5.57 Å². The van der Waals surface area contributed by atoms with Crippen LogP contribution in [0, 0.1) is 16.7 Å². The number of nitriles is 1. The summed E-state index contributed by atoms with van der Waals surface area (Å²) >= 11 is 0. The van der Waals surface area contributed by atoms with E-state index >= 15 is 0 Å². The third-order valence-electron chi connectivity index (χ3n) is 1.78. The van der Waals surface area contributed by atoms with Crippen molar-refractivity contribution in [1.82, 2.24) is 4.98 Å². The first-order valence-electron chi connectivity index (χ1n) is 3.75. The molecule has 0 spiro atoms. The highest BCUT2D eigenvalue weighted by atomic mass is 14.8. The fourth-order valence-corrected chi connectivity index (χ4v) is 1.00. The van der Waals surface area contributed by atoms with Crippen molar-refractivity contribution in [2.45, 2.75) is 6.92 Å². The molecule has 4 nitrogen and oxygen atoms in total. The molecule has 66 valence electrons. The predicted octanol–water partition coefficient (Wildman–Crippen LogP) is 1.54. The highest BCUT2D eigenvalue weighted by molar-refractivity contribution is 5.92. The van der Waals surface area contributed by atoms with E-state index in [-0.39, 0.29) is 0 Å². The lowest BCUT2D eigenvalue weighted by Crippen LogP contribution is -1.89. The highest BCUT2D eigenvalue weighted by Gasteiger charge is 2.03. The van der Waals surface area contributed by atoms with Crippen LogP contribution < -0.4 is 5.73 Å². The minimum atomic E-state index is 0.335. The summed E-state index contributed by atoms with van der Waals surface area (Å²) in [4.78, 5) is 2.89. The van der Waals surface area contributed by atoms with Crippen LogP contribution in [-0.4, -0.2) is 11.2 Å². The average molecular weight is 174 g/mol. The second-order valence-corrected chi connectivity index (χ2v) is 2.62. The Labute approximate surface area is 76.2 Å². The lowest BCUT2D eigenvalue weighted by atomic mass is 10.1. The summed E-state index contributed by atoms with van der Waals surface area (Å²) in [6.45, 7) is 1.77. The van der Waals surface area contributed by atoms with Gasteiger partial charge >= 0.3 is 0 Å². The van der Waals surface area contributed by atoms with Crippen molar-refractivity contribution >= 4 is 17.6 Å². The van der Waals surface area contributed by atoms with E-state index in [0.717, 1.165) is 17.5 Å². The lowest BCUT2D eigenvalue weighted by molar-refractivity contribution is 1.34. The van der Waals surface area contributed by atoms with Gasteiger partial charge in [0.1, 0.15) is 11.9 Å². The molecule has 0 amide bonds. The fraction of sp³-hybridized carbons (Fsp3) is 0.111. The van der Waals surface area contributed by atoms with Crippen LogP contribution in [0.2, 0.25) is 0 Å². The van der Waals surface area contributed by atoms with Gasteiger partial charge in [0, 0.05) is 11.9 Å². The van der Waals surface area contributed by atoms with Crippen LogP contribution >= 0.6 is 0 Å². The van der Waals surface area contributed by atoms with Crippen LogP contribution in [0.3, 0.4) is 0 Å². The van der Waals surface area contributed by atoms with Crippen LogP contribution in [0.5, 0.6) is 0 Å². The summed E-state index contributed by atoms with van der Waals surface area (Å²) < 4.78 is 0. The number of nitrogens with one attached hydrogen (secondary N) is 2. The Bertz CT molecular complexity index is 392. The maximum Gasteiger partial charge on any atom is 0.101 e. The first kappa shape index (κ1) is 9.07. The van der Waals surface area contributed by atoms with E-state index in [4.69, 9.17) is 16.4 Å². The molecule has 0 aliphatic carbocycles. The van der Waals surface area contributed by atoms with Crippen molar-refractivity contribution in [3.05, 3.63) is 23.4 Å². The van der Waals surface area contributed by atoms with Crippen LogP contribution in [0.4, 0.5) is 5.82 Å². The second-order valence-electron chi connectivity index (χ2n) is 2.62. The number of hydrogen-bond donors (Lipinski definition) is 3. The molecule has 1 rings (SSSR count). The number of aromatic nitrogens is 1. The van der Waals surface area contributed by atoms with Crippen molar-refractivity contribution in [2.24, 2.45) is 0 Å². The molecule has 1 aromatic heterocycles. The first-order valence-corrected chi connectivity index (χ1v) is 3.75. The van der Waals surface area contributed by atoms with E-state index < -0.39 is 0 Å². The molecule has 13 heavy (non-hydrogen) atoms. The summed E-state index contributed by atoms with van der Waals surface area (Å²) in [5, 5.41) is 15.7. The third-order valence-corrected chi connectivity index (χ3v) is 1.78. The number of H-pyrrole nitrogens is 1. The van der Waals surface area contributed by atoms with E-state index in [1.54, 1.807) is 19.1 Å². The van der Waals surface area contributed by atoms with Gasteiger partial charge in [0.05, 0.1) is 5.57 Å². The molecule has 4 N–H and O–H groups in total. The van der Waals surface area contributed by atoms with Gasteiger partial charge < -0.3 is 16.1 Å². The van der Waals surface area contributed by atoms with E-state index in [0.29, 0.717) is 11.4 Å². The van der Waals surface area contributed by atoms with Gasteiger partial charge in [-0.2, -0.15) is 5.26 Å². The molecule has 0 aromatic carbocycles. The molecule has 0 saturated heterocycles. The standard InChI is InChI=1S/C9H10N4/c1-6(7(4-10)5-11)8-2-3-9(12)13-8/h2-4,10,13H,12H2,1H3/b7-6+,10-4?. The molecule has 0 unspecified atom stereocenters. The van der Waals surface area contributed by atoms with Crippen LogP contribution in [-0.2, 0) is 0 Å². The number of nitrogens with zero attached hydrogens (tertiary/aromatic N) is 1. The number of rotatable bonds is 2. The molecule has 0 bridgehead atoms. The lowest BCUT2D eigenvalue weighted by Gasteiger charge is -1.97. The van der Waals surface area contributed by atoms with E-state index in [1.807, 2.05) is 6.07 Å². The summed E-state index contributed by atoms with van der Waals surface area (Å²) in [5.41, 5.74) is 7.32. The van der Waals surface area contributed by atoms with Gasteiger partial charge in [-0.05, 0) is 24.6 Å². The quantitative estimate of drug-likeness (QED) is 0.469. The number of aromatic amines is 1. The van der Waals surface area contributed by atoms with Crippen molar-refractivity contribution in [3.63, 3.8) is 0 Å². The Morgan fingerprint density at radius 2 is 2.38 bits per heavy atom. The fourth-order valence-electron chi connectivity index (χ4n) is 1.00. The zero-order valence-corrected chi connectivity index (χ0v) is 7.26. The SMILES string of the molecule is C/C(=C(\C#N)C=N)c1ccc(N)[nH]1. The Morgan fingerprint density at radius 3 is 2.77 bits per heavy atom. The van der Waals surface area contributed by atoms with Crippen molar-refractivity contribution in [3.8, 4) is 6.07 Å². The molecule has 0 aliphatic heterocycles. The molecule has 0 aliphatic rings. The Kier molecular flexibility index (Phi) is 2.50. The number of nitrogens with two attached hydrogens (primary N) is 1. The topological polar surface area (TPSA) is 89.4 Å². The van der Waals surface area contributed by atoms with Crippen LogP contribution in [0.15, 0.2) is 17.7 Å². The molecule has 1 aromatic rings. The number of hydrogen-bond acceptors (Lipinski definition) is 3. The Balaban J connectivity index is 3.17. The van der Waals surface area contributed by atoms with E-state index in [2.05, 4.69) is 4.98 Å². The number of anilines is 1. The average Bonchev–Trinajstić information content (AvgIpc) is 2.54. The van der Waals surface area contributed by atoms with Gasteiger partial charge in [0.15, 0.2) is 0 Å². The maximum atomic E-state index is 8.66. The maximum absolute atomic E-state index is 8.66. The number of nitrogen functional groups attached to an aromatic ring is 1. The van der Waals surface area contributed by atoms with E-state index in [9.17, 15) is 0 Å². The highest BCUT2D eigenvalue weighted by Crippen LogP contribution is 2.16. The second kappa shape index (κ2) is 3.59. The molecule has 0 fully saturated rings. The van der Waals surface area contributed by atoms with Crippen molar-refractivity contribution in [2.75, 3.05) is 5.73 Å². The van der Waals surface area contributed by atoms with Crippen molar-refractivity contribution in [1.29, 1.82) is 10.7 Å². The first-order chi connectivity index (χ1) is 6.19. The molecule has 1 heterocycles. The summed E-state index contributed by atoms with van der Waals surface area (Å²) in [7, 11) is 0. The zero-order chi connectivity index (χ0) is 9.84. The largest absolute Gasteiger partial charge is 0.385 e. The summed E-state index contributed by atoms with van der Waals surface area (Å²) in [5.74, 6) is 0.552. The van der Waals surface area contributed by atoms with Gasteiger partial charge in [0.25, 0.3) is 0 Å². The normalized spacial score (nSPS) is 11.7. The zero-order valence-electron chi connectivity index (χ0n) is 7.26. The minimum Gasteiger partial charge on any atom is -0.385 e.